The van der Waals surface area contributed by atoms with E-state index in [4.69, 9.17) is 14.0 Å². The molecule has 7 heteroatoms. The van der Waals surface area contributed by atoms with Gasteiger partial charge in [-0.25, -0.2) is 4.67 Å². The molecule has 1 aromatic rings. The number of benzene rings is 1. The molecule has 1 aromatic carbocycles. The number of nitrogens with zero attached hydrogens (tertiary/aromatic N) is 1. The van der Waals surface area contributed by atoms with E-state index in [0.29, 0.717) is 24.2 Å². The van der Waals surface area contributed by atoms with Crippen LogP contribution in [0.5, 0.6) is 5.75 Å². The quantitative estimate of drug-likeness (QED) is 0.624. The molecule has 1 heterocycles. The van der Waals surface area contributed by atoms with Crippen molar-refractivity contribution in [1.82, 2.24) is 4.67 Å². The lowest BCUT2D eigenvalue weighted by atomic mass is 10.2. The third-order valence-corrected chi connectivity index (χ3v) is 6.21. The summed E-state index contributed by atoms with van der Waals surface area (Å²) < 4.78 is 30.6. The summed E-state index contributed by atoms with van der Waals surface area (Å²) in [5, 5.41) is 0.569. The number of hydrogen-bond acceptors (Lipinski definition) is 5. The van der Waals surface area contributed by atoms with Crippen LogP contribution in [0.25, 0.3) is 0 Å². The molecule has 1 aliphatic heterocycles. The molecule has 0 aliphatic carbocycles. The third kappa shape index (κ3) is 3.88. The van der Waals surface area contributed by atoms with Crippen molar-refractivity contribution < 1.29 is 23.4 Å². The van der Waals surface area contributed by atoms with Crippen LogP contribution in [0.15, 0.2) is 24.3 Å². The second kappa shape index (κ2) is 7.77. The topological polar surface area (TPSA) is 65.1 Å². The molecule has 1 unspecified atom stereocenters. The van der Waals surface area contributed by atoms with E-state index in [2.05, 4.69) is 0 Å². The van der Waals surface area contributed by atoms with Gasteiger partial charge in [0.1, 0.15) is 12.3 Å². The zero-order chi connectivity index (χ0) is 16.0. The largest absolute Gasteiger partial charge is 0.497 e. The Hall–Kier alpha value is -1.36. The molecule has 1 atom stereocenters. The molecule has 1 saturated heterocycles. The smallest absolute Gasteiger partial charge is 0.320 e. The molecular formula is C15H22NO5P. The van der Waals surface area contributed by atoms with Gasteiger partial charge in [-0.15, -0.1) is 0 Å². The van der Waals surface area contributed by atoms with Crippen molar-refractivity contribution in [2.24, 2.45) is 0 Å². The minimum Gasteiger partial charge on any atom is -0.497 e. The van der Waals surface area contributed by atoms with E-state index >= 15 is 0 Å². The van der Waals surface area contributed by atoms with Crippen LogP contribution < -0.4 is 10.0 Å². The van der Waals surface area contributed by atoms with Crippen molar-refractivity contribution in [2.75, 3.05) is 33.9 Å². The van der Waals surface area contributed by atoms with E-state index in [-0.39, 0.29) is 6.54 Å². The van der Waals surface area contributed by atoms with Crippen LogP contribution in [-0.4, -0.2) is 44.6 Å². The van der Waals surface area contributed by atoms with Crippen molar-refractivity contribution >= 4 is 18.8 Å². The van der Waals surface area contributed by atoms with Gasteiger partial charge in [0.15, 0.2) is 0 Å². The van der Waals surface area contributed by atoms with E-state index in [1.54, 1.807) is 36.0 Å². The molecule has 1 fully saturated rings. The predicted octanol–water partition coefficient (Wildman–Crippen LogP) is 2.19. The zero-order valence-electron chi connectivity index (χ0n) is 13.0. The summed E-state index contributed by atoms with van der Waals surface area (Å²) in [6.45, 7) is 0.916. The maximum Gasteiger partial charge on any atom is 0.320 e. The molecule has 0 spiro atoms. The lowest BCUT2D eigenvalue weighted by Gasteiger charge is -2.32. The average molecular weight is 327 g/mol. The van der Waals surface area contributed by atoms with E-state index in [1.165, 1.54) is 7.11 Å². The van der Waals surface area contributed by atoms with Crippen molar-refractivity contribution in [3.63, 3.8) is 0 Å². The van der Waals surface area contributed by atoms with Gasteiger partial charge >= 0.3 is 13.5 Å². The number of esters is 1. The fraction of sp³-hybridized carbons (Fsp3) is 0.533. The molecular weight excluding hydrogens is 305 g/mol. The van der Waals surface area contributed by atoms with Gasteiger partial charge in [-0.2, -0.15) is 0 Å². The molecule has 0 saturated carbocycles. The van der Waals surface area contributed by atoms with E-state index in [1.807, 2.05) is 0 Å². The van der Waals surface area contributed by atoms with Gasteiger partial charge in [-0.3, -0.25) is 9.36 Å². The summed E-state index contributed by atoms with van der Waals surface area (Å²) in [5.41, 5.74) is 0. The molecule has 1 aliphatic rings. The lowest BCUT2D eigenvalue weighted by Crippen LogP contribution is -2.34. The summed E-state index contributed by atoms with van der Waals surface area (Å²) in [6.07, 6.45) is 2.73. The van der Waals surface area contributed by atoms with Gasteiger partial charge in [0.05, 0.1) is 26.1 Å². The van der Waals surface area contributed by atoms with Gasteiger partial charge < -0.3 is 14.0 Å². The van der Waals surface area contributed by atoms with Gasteiger partial charge in [0.25, 0.3) is 0 Å². The molecule has 0 aromatic heterocycles. The molecule has 22 heavy (non-hydrogen) atoms. The van der Waals surface area contributed by atoms with Crippen molar-refractivity contribution in [1.29, 1.82) is 0 Å². The molecule has 6 nitrogen and oxygen atoms in total. The van der Waals surface area contributed by atoms with Gasteiger partial charge in [0.2, 0.25) is 0 Å². The fourth-order valence-corrected chi connectivity index (χ4v) is 4.62. The minimum atomic E-state index is -3.27. The lowest BCUT2D eigenvalue weighted by molar-refractivity contribution is -0.141. The Labute approximate surface area is 130 Å². The van der Waals surface area contributed by atoms with Crippen molar-refractivity contribution in [3.05, 3.63) is 24.3 Å². The Kier molecular flexibility index (Phi) is 6.00. The minimum absolute atomic E-state index is 0.0419. The van der Waals surface area contributed by atoms with Crippen LogP contribution in [0.1, 0.15) is 19.3 Å². The van der Waals surface area contributed by atoms with E-state index in [0.717, 1.165) is 19.3 Å². The first-order valence-corrected chi connectivity index (χ1v) is 8.89. The van der Waals surface area contributed by atoms with Gasteiger partial charge in [-0.05, 0) is 43.5 Å². The molecule has 0 bridgehead atoms. The van der Waals surface area contributed by atoms with Crippen LogP contribution >= 0.6 is 7.52 Å². The first kappa shape index (κ1) is 17.0. The summed E-state index contributed by atoms with van der Waals surface area (Å²) in [6, 6.07) is 6.94. The SMILES string of the molecule is COC(=O)CN1CCCCCOP1(=O)c1ccc(OC)cc1. The Morgan fingerprint density at radius 1 is 1.23 bits per heavy atom. The second-order valence-electron chi connectivity index (χ2n) is 5.08. The molecule has 122 valence electrons. The first-order valence-electron chi connectivity index (χ1n) is 7.31. The summed E-state index contributed by atoms with van der Waals surface area (Å²) >= 11 is 0. The average Bonchev–Trinajstić information content (AvgIpc) is 2.54. The number of carbonyl (C=O) groups is 1. The summed E-state index contributed by atoms with van der Waals surface area (Å²) in [7, 11) is -0.366. The maximum atomic E-state index is 13.4. The van der Waals surface area contributed by atoms with E-state index < -0.39 is 13.5 Å². The second-order valence-corrected chi connectivity index (χ2v) is 7.46. The maximum absolute atomic E-state index is 13.4. The number of hydrogen-bond donors (Lipinski definition) is 0. The molecule has 0 N–H and O–H groups in total. The monoisotopic (exact) mass is 327 g/mol. The number of methoxy groups -OCH3 is 2. The van der Waals surface area contributed by atoms with Crippen LogP contribution in [0.2, 0.25) is 0 Å². The van der Waals surface area contributed by atoms with Crippen LogP contribution in [0, 0.1) is 0 Å². The van der Waals surface area contributed by atoms with Crippen molar-refractivity contribution in [3.8, 4) is 5.75 Å². The highest BCUT2D eigenvalue weighted by molar-refractivity contribution is 7.64. The summed E-state index contributed by atoms with van der Waals surface area (Å²) in [5.74, 6) is 0.264. The van der Waals surface area contributed by atoms with Crippen LogP contribution in [0.3, 0.4) is 0 Å². The third-order valence-electron chi connectivity index (χ3n) is 3.64. The summed E-state index contributed by atoms with van der Waals surface area (Å²) in [4.78, 5) is 11.6. The standard InChI is InChI=1S/C15H22NO5P/c1-19-13-6-8-14(9-7-13)22(18)16(12-15(17)20-2)10-4-3-5-11-21-22/h6-9H,3-5,10-12H2,1-2H3. The van der Waals surface area contributed by atoms with Gasteiger partial charge in [0, 0.05) is 6.54 Å². The highest BCUT2D eigenvalue weighted by Gasteiger charge is 2.36. The highest BCUT2D eigenvalue weighted by atomic mass is 31.2. The number of rotatable bonds is 4. The Morgan fingerprint density at radius 3 is 2.59 bits per heavy atom. The molecule has 2 rings (SSSR count). The normalized spacial score (nSPS) is 23.4. The Bertz CT molecular complexity index is 545. The van der Waals surface area contributed by atoms with Crippen LogP contribution in [-0.2, 0) is 18.6 Å². The van der Waals surface area contributed by atoms with Crippen LogP contribution in [0.4, 0.5) is 0 Å². The highest BCUT2D eigenvalue weighted by Crippen LogP contribution is 2.50. The number of ether oxygens (including phenoxy) is 2. The first-order chi connectivity index (χ1) is 10.6. The molecule has 0 radical (unpaired) electrons. The predicted molar refractivity (Wildman–Crippen MR) is 83.6 cm³/mol. The fourth-order valence-electron chi connectivity index (χ4n) is 2.37. The van der Waals surface area contributed by atoms with Crippen molar-refractivity contribution in [2.45, 2.75) is 19.3 Å². The van der Waals surface area contributed by atoms with Gasteiger partial charge in [-0.1, -0.05) is 0 Å². The molecule has 0 amide bonds. The Balaban J connectivity index is 2.32. The zero-order valence-corrected chi connectivity index (χ0v) is 13.9. The number of carbonyl (C=O) groups excluding carboxylic acids is 1. The van der Waals surface area contributed by atoms with E-state index in [9.17, 15) is 9.36 Å². The Morgan fingerprint density at radius 2 is 1.95 bits per heavy atom.